The predicted octanol–water partition coefficient (Wildman–Crippen LogP) is 4.35. The highest BCUT2D eigenvalue weighted by Gasteiger charge is 2.22. The molecule has 0 aliphatic rings. The number of alkyl carbamates (subject to hydrolysis) is 1. The van der Waals surface area contributed by atoms with Gasteiger partial charge in [-0.1, -0.05) is 67.1 Å². The maximum atomic E-state index is 13.1. The van der Waals surface area contributed by atoms with Crippen LogP contribution in [0.5, 0.6) is 0 Å². The van der Waals surface area contributed by atoms with Crippen LogP contribution in [0.15, 0.2) is 60.7 Å². The number of ether oxygens (including phenoxy) is 10. The molecule has 0 heterocycles. The molecular weight excluding hydrogens is 859 g/mol. The lowest BCUT2D eigenvalue weighted by atomic mass is 9.97. The van der Waals surface area contributed by atoms with Crippen LogP contribution in [0.25, 0.3) is 0 Å². The summed E-state index contributed by atoms with van der Waals surface area (Å²) in [5.74, 6) is -1.22. The second-order valence-corrected chi connectivity index (χ2v) is 15.0. The molecule has 0 bridgehead atoms. The van der Waals surface area contributed by atoms with Gasteiger partial charge in [-0.3, -0.25) is 19.2 Å². The van der Waals surface area contributed by atoms with Crippen LogP contribution in [0.3, 0.4) is 0 Å². The fraction of sp³-hybridized carbons (Fsp3) is 0.646. The fourth-order valence-corrected chi connectivity index (χ4v) is 5.73. The first-order valence-electron chi connectivity index (χ1n) is 23.1. The van der Waals surface area contributed by atoms with Crippen LogP contribution < -0.4 is 16.0 Å². The second kappa shape index (κ2) is 41.9. The Kier molecular flexibility index (Phi) is 36.5. The van der Waals surface area contributed by atoms with Crippen LogP contribution in [0.4, 0.5) is 4.79 Å². The zero-order valence-corrected chi connectivity index (χ0v) is 39.0. The zero-order valence-electron chi connectivity index (χ0n) is 39.0. The van der Waals surface area contributed by atoms with Crippen LogP contribution >= 0.6 is 0 Å². The third-order valence-corrected chi connectivity index (χ3v) is 9.34. The second-order valence-electron chi connectivity index (χ2n) is 15.0. The summed E-state index contributed by atoms with van der Waals surface area (Å²) in [5, 5.41) is 8.50. The number of carbonyl (C=O) groups is 5. The molecule has 0 fully saturated rings. The maximum Gasteiger partial charge on any atom is 0.407 e. The number of nitrogens with one attached hydrogen (secondary N) is 3. The van der Waals surface area contributed by atoms with E-state index in [9.17, 15) is 24.0 Å². The number of benzene rings is 2. The van der Waals surface area contributed by atoms with Gasteiger partial charge in [-0.05, 0) is 43.7 Å². The summed E-state index contributed by atoms with van der Waals surface area (Å²) < 4.78 is 54.4. The molecule has 0 radical (unpaired) electrons. The first kappa shape index (κ1) is 57.6. The minimum Gasteiger partial charge on any atom is -0.461 e. The minimum absolute atomic E-state index is 0.0464. The van der Waals surface area contributed by atoms with Gasteiger partial charge in [-0.25, -0.2) is 4.79 Å². The Morgan fingerprint density at radius 3 is 1.38 bits per heavy atom. The molecule has 0 aliphatic carbocycles. The highest BCUT2D eigenvalue weighted by Crippen LogP contribution is 2.15. The van der Waals surface area contributed by atoms with Gasteiger partial charge in [0.2, 0.25) is 11.8 Å². The van der Waals surface area contributed by atoms with Crippen molar-refractivity contribution in [2.24, 2.45) is 5.92 Å². The van der Waals surface area contributed by atoms with E-state index >= 15 is 0 Å². The van der Waals surface area contributed by atoms with Crippen molar-refractivity contribution in [1.29, 1.82) is 0 Å². The van der Waals surface area contributed by atoms with Crippen molar-refractivity contribution in [3.63, 3.8) is 0 Å². The summed E-state index contributed by atoms with van der Waals surface area (Å²) in [6.45, 7) is 9.94. The molecule has 3 N–H and O–H groups in total. The average molecular weight is 934 g/mol. The van der Waals surface area contributed by atoms with E-state index in [0.717, 1.165) is 11.1 Å². The standard InChI is InChI=1S/C48H75N3O15/c1-41(52)17-24-59-28-32-62-34-36-64-37-35-63-33-29-60-25-18-45(53)49-20-10-22-57-26-30-61-31-27-58-23-11-21-50-47(55)44(38-46(54)65-39-42-12-4-2-5-13-42)16-8-9-19-51-48(56)66-40-43-14-6-3-7-15-43/h2-7,12-15,44H,8-11,16-40H2,1H3,(H,49,53)(H,50,55)(H,51,56)/t44-/m1/s1. The van der Waals surface area contributed by atoms with Crippen molar-refractivity contribution in [2.75, 3.05) is 125 Å². The molecule has 0 aliphatic heterocycles. The molecule has 18 heteroatoms. The molecule has 3 amide bonds. The van der Waals surface area contributed by atoms with E-state index in [0.29, 0.717) is 164 Å². The number of hydrogen-bond donors (Lipinski definition) is 3. The molecule has 0 saturated heterocycles. The lowest BCUT2D eigenvalue weighted by molar-refractivity contribution is -0.148. The fourth-order valence-electron chi connectivity index (χ4n) is 5.73. The molecule has 0 unspecified atom stereocenters. The van der Waals surface area contributed by atoms with Crippen molar-refractivity contribution >= 4 is 29.7 Å². The largest absolute Gasteiger partial charge is 0.461 e. The van der Waals surface area contributed by atoms with Gasteiger partial charge in [0.25, 0.3) is 0 Å². The molecule has 2 aromatic rings. The van der Waals surface area contributed by atoms with Gasteiger partial charge < -0.3 is 63.3 Å². The van der Waals surface area contributed by atoms with Crippen LogP contribution in [-0.4, -0.2) is 155 Å². The lowest BCUT2D eigenvalue weighted by Crippen LogP contribution is -2.33. The highest BCUT2D eigenvalue weighted by molar-refractivity contribution is 5.83. The number of carbonyl (C=O) groups excluding carboxylic acids is 5. The molecule has 372 valence electrons. The van der Waals surface area contributed by atoms with Crippen molar-refractivity contribution in [2.45, 2.75) is 71.5 Å². The molecule has 0 spiro atoms. The third-order valence-electron chi connectivity index (χ3n) is 9.34. The summed E-state index contributed by atoms with van der Waals surface area (Å²) in [6.07, 6.45) is 3.09. The lowest BCUT2D eigenvalue weighted by Gasteiger charge is -2.17. The van der Waals surface area contributed by atoms with E-state index in [-0.39, 0.29) is 43.7 Å². The molecule has 66 heavy (non-hydrogen) atoms. The number of hydrogen-bond acceptors (Lipinski definition) is 15. The monoisotopic (exact) mass is 934 g/mol. The van der Waals surface area contributed by atoms with Crippen LogP contribution in [0.2, 0.25) is 0 Å². The number of amides is 3. The summed E-state index contributed by atoms with van der Waals surface area (Å²) in [4.78, 5) is 60.7. The van der Waals surface area contributed by atoms with E-state index in [1.807, 2.05) is 60.7 Å². The van der Waals surface area contributed by atoms with Crippen LogP contribution in [0.1, 0.15) is 69.4 Å². The van der Waals surface area contributed by atoms with Crippen molar-refractivity contribution in [3.05, 3.63) is 71.8 Å². The first-order chi connectivity index (χ1) is 32.3. The van der Waals surface area contributed by atoms with Crippen LogP contribution in [0, 0.1) is 5.92 Å². The van der Waals surface area contributed by atoms with Crippen molar-refractivity contribution < 1.29 is 71.3 Å². The van der Waals surface area contributed by atoms with Gasteiger partial charge in [-0.2, -0.15) is 0 Å². The number of rotatable bonds is 44. The van der Waals surface area contributed by atoms with Gasteiger partial charge >= 0.3 is 12.1 Å². The Bertz CT molecular complexity index is 1520. The molecule has 0 aromatic heterocycles. The quantitative estimate of drug-likeness (QED) is 0.0623. The number of unbranched alkanes of at least 4 members (excludes halogenated alkanes) is 1. The summed E-state index contributed by atoms with van der Waals surface area (Å²) in [7, 11) is 0. The van der Waals surface area contributed by atoms with Gasteiger partial charge in [0.1, 0.15) is 19.0 Å². The van der Waals surface area contributed by atoms with Gasteiger partial charge in [-0.15, -0.1) is 0 Å². The average Bonchev–Trinajstić information content (AvgIpc) is 3.32. The van der Waals surface area contributed by atoms with Gasteiger partial charge in [0.15, 0.2) is 0 Å². The van der Waals surface area contributed by atoms with E-state index in [2.05, 4.69) is 16.0 Å². The zero-order chi connectivity index (χ0) is 47.4. The third kappa shape index (κ3) is 35.7. The van der Waals surface area contributed by atoms with Crippen molar-refractivity contribution in [1.82, 2.24) is 16.0 Å². The Balaban J connectivity index is 1.39. The number of Topliss-reactive ketones (excluding diaryl/α,β-unsaturated/α-hetero) is 1. The summed E-state index contributed by atoms with van der Waals surface area (Å²) in [5.41, 5.74) is 1.76. The SMILES string of the molecule is CC(=O)CCOCCOCCOCCOCCOCCC(=O)NCCCOCCOCCOCCCNC(=O)[C@H](CCCCNC(=O)OCc1ccccc1)CC(=O)OCc1ccccc1. The maximum absolute atomic E-state index is 13.1. The summed E-state index contributed by atoms with van der Waals surface area (Å²) in [6, 6.07) is 18.8. The molecule has 2 aromatic carbocycles. The first-order valence-corrected chi connectivity index (χ1v) is 23.1. The molecule has 1 atom stereocenters. The molecule has 0 saturated carbocycles. The highest BCUT2D eigenvalue weighted by atomic mass is 16.6. The smallest absolute Gasteiger partial charge is 0.407 e. The van der Waals surface area contributed by atoms with E-state index in [1.165, 1.54) is 6.92 Å². The minimum atomic E-state index is -0.573. The predicted molar refractivity (Wildman–Crippen MR) is 245 cm³/mol. The van der Waals surface area contributed by atoms with Crippen LogP contribution in [-0.2, 0) is 79.8 Å². The number of esters is 1. The molecule has 2 rings (SSSR count). The number of ketones is 1. The van der Waals surface area contributed by atoms with Gasteiger partial charge in [0, 0.05) is 51.6 Å². The molecular formula is C48H75N3O15. The normalized spacial score (nSPS) is 11.5. The topological polar surface area (TPSA) is 214 Å². The van der Waals surface area contributed by atoms with Crippen molar-refractivity contribution in [3.8, 4) is 0 Å². The van der Waals surface area contributed by atoms with E-state index in [4.69, 9.17) is 47.4 Å². The van der Waals surface area contributed by atoms with Gasteiger partial charge in [0.05, 0.1) is 98.9 Å². The Morgan fingerprint density at radius 2 is 0.879 bits per heavy atom. The molecule has 18 nitrogen and oxygen atoms in total. The Labute approximate surface area is 390 Å². The Morgan fingerprint density at radius 1 is 0.455 bits per heavy atom. The summed E-state index contributed by atoms with van der Waals surface area (Å²) >= 11 is 0. The van der Waals surface area contributed by atoms with E-state index < -0.39 is 18.0 Å². The Hall–Kier alpha value is -4.53. The van der Waals surface area contributed by atoms with E-state index in [1.54, 1.807) is 0 Å².